The van der Waals surface area contributed by atoms with Crippen LogP contribution in [0.5, 0.6) is 0 Å². The molecule has 0 bridgehead atoms. The molecule has 21 heavy (non-hydrogen) atoms. The van der Waals surface area contributed by atoms with Crippen molar-refractivity contribution in [3.63, 3.8) is 0 Å². The standard InChI is InChI=1S/C17H16F2N2/c1-2-17(13-6-4-3-5-7-13)21-11-14-15(18)8-12(10-20)9-16(14)19/h3-9,17,21H,2,11H2,1H3. The predicted molar refractivity (Wildman–Crippen MR) is 77.4 cm³/mol. The fraction of sp³-hybridized carbons (Fsp3) is 0.235. The van der Waals surface area contributed by atoms with Gasteiger partial charge in [0.05, 0.1) is 11.6 Å². The van der Waals surface area contributed by atoms with Gasteiger partial charge in [0, 0.05) is 18.2 Å². The maximum Gasteiger partial charge on any atom is 0.131 e. The van der Waals surface area contributed by atoms with E-state index in [-0.39, 0.29) is 23.7 Å². The van der Waals surface area contributed by atoms with Crippen LogP contribution < -0.4 is 5.32 Å². The highest BCUT2D eigenvalue weighted by molar-refractivity contribution is 5.34. The van der Waals surface area contributed by atoms with Gasteiger partial charge in [-0.15, -0.1) is 0 Å². The Morgan fingerprint density at radius 2 is 1.76 bits per heavy atom. The van der Waals surface area contributed by atoms with Gasteiger partial charge in [-0.3, -0.25) is 0 Å². The van der Waals surface area contributed by atoms with E-state index in [2.05, 4.69) is 5.32 Å². The van der Waals surface area contributed by atoms with Crippen molar-refractivity contribution in [2.24, 2.45) is 0 Å². The lowest BCUT2D eigenvalue weighted by molar-refractivity contribution is 0.483. The molecule has 0 aromatic heterocycles. The Balaban J connectivity index is 2.14. The third kappa shape index (κ3) is 3.65. The van der Waals surface area contributed by atoms with Gasteiger partial charge in [-0.05, 0) is 24.1 Å². The summed E-state index contributed by atoms with van der Waals surface area (Å²) in [6.45, 7) is 2.09. The maximum absolute atomic E-state index is 13.8. The third-order valence-corrected chi connectivity index (χ3v) is 3.41. The number of nitrogens with zero attached hydrogens (tertiary/aromatic N) is 1. The molecule has 0 aliphatic carbocycles. The third-order valence-electron chi connectivity index (χ3n) is 3.41. The van der Waals surface area contributed by atoms with Crippen LogP contribution in [0.2, 0.25) is 0 Å². The SMILES string of the molecule is CCC(NCc1c(F)cc(C#N)cc1F)c1ccccc1. The Kier molecular flexibility index (Phi) is 5.02. The number of halogens is 2. The summed E-state index contributed by atoms with van der Waals surface area (Å²) < 4.78 is 27.6. The van der Waals surface area contributed by atoms with E-state index in [0.29, 0.717) is 0 Å². The molecule has 4 heteroatoms. The molecule has 0 saturated heterocycles. The van der Waals surface area contributed by atoms with Crippen LogP contribution in [0.25, 0.3) is 0 Å². The first-order valence-electron chi connectivity index (χ1n) is 6.82. The smallest absolute Gasteiger partial charge is 0.131 e. The van der Waals surface area contributed by atoms with Gasteiger partial charge in [0.25, 0.3) is 0 Å². The van der Waals surface area contributed by atoms with Crippen LogP contribution >= 0.6 is 0 Å². The van der Waals surface area contributed by atoms with Gasteiger partial charge in [0.1, 0.15) is 11.6 Å². The van der Waals surface area contributed by atoms with Gasteiger partial charge in [0.15, 0.2) is 0 Å². The van der Waals surface area contributed by atoms with Crippen molar-refractivity contribution < 1.29 is 8.78 Å². The molecule has 0 saturated carbocycles. The Morgan fingerprint density at radius 1 is 1.14 bits per heavy atom. The molecule has 0 fully saturated rings. The van der Waals surface area contributed by atoms with E-state index in [1.807, 2.05) is 37.3 Å². The van der Waals surface area contributed by atoms with Crippen LogP contribution in [-0.4, -0.2) is 0 Å². The number of benzene rings is 2. The van der Waals surface area contributed by atoms with Crippen LogP contribution in [0.4, 0.5) is 8.78 Å². The second-order valence-corrected chi connectivity index (χ2v) is 4.78. The zero-order chi connectivity index (χ0) is 15.2. The van der Waals surface area contributed by atoms with E-state index in [1.54, 1.807) is 6.07 Å². The van der Waals surface area contributed by atoms with Crippen molar-refractivity contribution in [1.82, 2.24) is 5.32 Å². The van der Waals surface area contributed by atoms with Gasteiger partial charge in [-0.2, -0.15) is 5.26 Å². The highest BCUT2D eigenvalue weighted by atomic mass is 19.1. The van der Waals surface area contributed by atoms with Gasteiger partial charge in [0.2, 0.25) is 0 Å². The van der Waals surface area contributed by atoms with E-state index in [0.717, 1.165) is 24.1 Å². The van der Waals surface area contributed by atoms with Gasteiger partial charge < -0.3 is 5.32 Å². The highest BCUT2D eigenvalue weighted by Gasteiger charge is 2.14. The topological polar surface area (TPSA) is 35.8 Å². The summed E-state index contributed by atoms with van der Waals surface area (Å²) >= 11 is 0. The number of hydrogen-bond acceptors (Lipinski definition) is 2. The minimum atomic E-state index is -0.693. The van der Waals surface area contributed by atoms with Crippen LogP contribution in [-0.2, 0) is 6.54 Å². The molecule has 1 unspecified atom stereocenters. The zero-order valence-electron chi connectivity index (χ0n) is 11.7. The average Bonchev–Trinajstić information content (AvgIpc) is 2.50. The number of rotatable bonds is 5. The summed E-state index contributed by atoms with van der Waals surface area (Å²) in [7, 11) is 0. The van der Waals surface area contributed by atoms with Crippen molar-refractivity contribution >= 4 is 0 Å². The predicted octanol–water partition coefficient (Wildman–Crippen LogP) is 4.08. The summed E-state index contributed by atoms with van der Waals surface area (Å²) in [5.41, 5.74) is 1.03. The van der Waals surface area contributed by atoms with Gasteiger partial charge >= 0.3 is 0 Å². The van der Waals surface area contributed by atoms with Crippen molar-refractivity contribution in [2.75, 3.05) is 0 Å². The van der Waals surface area contributed by atoms with E-state index in [4.69, 9.17) is 5.26 Å². The first-order chi connectivity index (χ1) is 10.2. The van der Waals surface area contributed by atoms with Crippen LogP contribution in [0, 0.1) is 23.0 Å². The summed E-state index contributed by atoms with van der Waals surface area (Å²) in [4.78, 5) is 0. The summed E-state index contributed by atoms with van der Waals surface area (Å²) in [6, 6.07) is 13.6. The molecule has 2 aromatic rings. The molecule has 1 N–H and O–H groups in total. The fourth-order valence-corrected chi connectivity index (χ4v) is 2.24. The summed E-state index contributed by atoms with van der Waals surface area (Å²) in [6.07, 6.45) is 0.809. The number of nitriles is 1. The van der Waals surface area contributed by atoms with Crippen molar-refractivity contribution in [1.29, 1.82) is 5.26 Å². The van der Waals surface area contributed by atoms with Crippen LogP contribution in [0.1, 0.15) is 36.1 Å². The first-order valence-corrected chi connectivity index (χ1v) is 6.82. The molecule has 0 heterocycles. The first kappa shape index (κ1) is 15.1. The van der Waals surface area contributed by atoms with Crippen molar-refractivity contribution in [3.8, 4) is 6.07 Å². The molecule has 0 radical (unpaired) electrons. The lowest BCUT2D eigenvalue weighted by Crippen LogP contribution is -2.21. The molecule has 108 valence electrons. The van der Waals surface area contributed by atoms with Gasteiger partial charge in [-0.25, -0.2) is 8.78 Å². The van der Waals surface area contributed by atoms with E-state index in [1.165, 1.54) is 0 Å². The maximum atomic E-state index is 13.8. The number of nitrogens with one attached hydrogen (secondary N) is 1. The average molecular weight is 286 g/mol. The van der Waals surface area contributed by atoms with E-state index < -0.39 is 11.6 Å². The van der Waals surface area contributed by atoms with Gasteiger partial charge in [-0.1, -0.05) is 37.3 Å². The molecule has 2 rings (SSSR count). The summed E-state index contributed by atoms with van der Waals surface area (Å²) in [5, 5.41) is 11.8. The second kappa shape index (κ2) is 6.96. The zero-order valence-corrected chi connectivity index (χ0v) is 11.7. The van der Waals surface area contributed by atoms with Crippen molar-refractivity contribution in [3.05, 3.63) is 70.8 Å². The quantitative estimate of drug-likeness (QED) is 0.899. The van der Waals surface area contributed by atoms with Crippen molar-refractivity contribution in [2.45, 2.75) is 25.9 Å². The minimum Gasteiger partial charge on any atom is -0.306 e. The Morgan fingerprint density at radius 3 is 2.29 bits per heavy atom. The fourth-order valence-electron chi connectivity index (χ4n) is 2.24. The monoisotopic (exact) mass is 286 g/mol. The largest absolute Gasteiger partial charge is 0.306 e. The van der Waals surface area contributed by atoms with E-state index in [9.17, 15) is 8.78 Å². The second-order valence-electron chi connectivity index (χ2n) is 4.78. The molecule has 0 aliphatic rings. The Bertz CT molecular complexity index is 625. The van der Waals surface area contributed by atoms with Crippen LogP contribution in [0.15, 0.2) is 42.5 Å². The van der Waals surface area contributed by atoms with Crippen LogP contribution in [0.3, 0.4) is 0 Å². The lowest BCUT2D eigenvalue weighted by Gasteiger charge is -2.18. The molecule has 2 nitrogen and oxygen atoms in total. The lowest BCUT2D eigenvalue weighted by atomic mass is 10.0. The molecular weight excluding hydrogens is 270 g/mol. The molecule has 0 aliphatic heterocycles. The summed E-state index contributed by atoms with van der Waals surface area (Å²) in [5.74, 6) is -1.39. The Hall–Kier alpha value is -2.25. The molecule has 0 spiro atoms. The molecule has 0 amide bonds. The van der Waals surface area contributed by atoms with E-state index >= 15 is 0 Å². The molecule has 1 atom stereocenters. The number of hydrogen-bond donors (Lipinski definition) is 1. The minimum absolute atomic E-state index is 0.0103. The molecule has 2 aromatic carbocycles. The normalized spacial score (nSPS) is 11.9. The Labute approximate surface area is 123 Å². The highest BCUT2D eigenvalue weighted by Crippen LogP contribution is 2.19. The molecular formula is C17H16F2N2.